The van der Waals surface area contributed by atoms with Crippen molar-refractivity contribution in [3.05, 3.63) is 30.3 Å². The van der Waals surface area contributed by atoms with Gasteiger partial charge in [-0.15, -0.1) is 0 Å². The molecule has 0 radical (unpaired) electrons. The van der Waals surface area contributed by atoms with Crippen LogP contribution in [0.15, 0.2) is 30.3 Å². The highest BCUT2D eigenvalue weighted by molar-refractivity contribution is 7.54. The third kappa shape index (κ3) is 10.8. The van der Waals surface area contributed by atoms with Crippen LogP contribution in [0.1, 0.15) is 0 Å². The van der Waals surface area contributed by atoms with Crippen molar-refractivity contribution in [1.82, 2.24) is 10.4 Å². The number of para-hydroxylation sites is 1. The summed E-state index contributed by atoms with van der Waals surface area (Å²) in [6.07, 6.45) is 0. The first-order valence-electron chi connectivity index (χ1n) is 6.06. The van der Waals surface area contributed by atoms with Crippen molar-refractivity contribution in [1.29, 1.82) is 0 Å². The van der Waals surface area contributed by atoms with Gasteiger partial charge in [-0.25, -0.2) is 13.7 Å². The van der Waals surface area contributed by atoms with Crippen molar-refractivity contribution >= 4 is 7.67 Å². The van der Waals surface area contributed by atoms with E-state index in [4.69, 9.17) is 4.52 Å². The van der Waals surface area contributed by atoms with Crippen LogP contribution in [0.2, 0.25) is 0 Å². The Morgan fingerprint density at radius 3 is 1.57 bits per heavy atom. The normalized spacial score (nSPS) is 12.1. The zero-order valence-electron chi connectivity index (χ0n) is 13.3. The molecule has 0 spiro atoms. The van der Waals surface area contributed by atoms with Gasteiger partial charge in [-0.3, -0.25) is 0 Å². The van der Waals surface area contributed by atoms with Gasteiger partial charge in [0.1, 0.15) is 5.75 Å². The van der Waals surface area contributed by atoms with Gasteiger partial charge in [-0.05, 0) is 12.1 Å². The second kappa shape index (κ2) is 8.99. The van der Waals surface area contributed by atoms with E-state index in [-0.39, 0.29) is 48.0 Å². The number of rotatable bonds is 6. The highest BCUT2D eigenvalue weighted by Crippen LogP contribution is 2.40. The van der Waals surface area contributed by atoms with Crippen molar-refractivity contribution < 1.29 is 66.2 Å². The summed E-state index contributed by atoms with van der Waals surface area (Å²) in [5.41, 5.74) is 0. The van der Waals surface area contributed by atoms with Gasteiger partial charge in [0.15, 0.2) is 0 Å². The summed E-state index contributed by atoms with van der Waals surface area (Å²) in [6.45, 7) is 0. The Kier molecular flexibility index (Phi) is 10.2. The predicted molar refractivity (Wildman–Crippen MR) is 77.0 cm³/mol. The molecule has 0 saturated heterocycles. The molecule has 0 unspecified atom stereocenters. The molecule has 124 valence electrons. The molecule has 1 aromatic rings. The van der Waals surface area contributed by atoms with Crippen molar-refractivity contribution in [3.8, 4) is 5.75 Å². The smallest absolute Gasteiger partial charge is 0.478 e. The lowest BCUT2D eigenvalue weighted by Gasteiger charge is -2.33. The van der Waals surface area contributed by atoms with Crippen LogP contribution >= 0.6 is 7.67 Å². The van der Waals surface area contributed by atoms with E-state index in [1.807, 2.05) is 60.5 Å². The van der Waals surface area contributed by atoms with Gasteiger partial charge >= 0.3 is 7.67 Å². The lowest BCUT2D eigenvalue weighted by Crippen LogP contribution is -3.00. The van der Waals surface area contributed by atoms with Gasteiger partial charge < -0.3 is 52.5 Å². The Morgan fingerprint density at radius 1 is 0.857 bits per heavy atom. The lowest BCUT2D eigenvalue weighted by atomic mass is 10.3. The molecule has 0 amide bonds. The quantitative estimate of drug-likeness (QED) is 0.165. The number of benzene rings is 1. The SMILES string of the molecule is C[N+](C)(C)NP(=O)(N[N+](C)(C)C)Oc1ccccc1.[I-].[I-]. The molecule has 2 N–H and O–H groups in total. The Balaban J connectivity index is 0. The number of halogens is 2. The summed E-state index contributed by atoms with van der Waals surface area (Å²) >= 11 is 0. The van der Waals surface area contributed by atoms with Crippen LogP contribution in [0.25, 0.3) is 0 Å². The molecule has 0 aliphatic heterocycles. The molecular weight excluding hydrogens is 517 g/mol. The van der Waals surface area contributed by atoms with Crippen molar-refractivity contribution in [2.75, 3.05) is 42.3 Å². The maximum Gasteiger partial charge on any atom is 0.478 e. The highest BCUT2D eigenvalue weighted by Gasteiger charge is 2.37. The van der Waals surface area contributed by atoms with Gasteiger partial charge in [0.25, 0.3) is 0 Å². The average molecular weight is 542 g/mol. The first-order valence-corrected chi connectivity index (χ1v) is 7.68. The molecule has 0 saturated carbocycles. The molecule has 1 aromatic carbocycles. The third-order valence-electron chi connectivity index (χ3n) is 1.84. The summed E-state index contributed by atoms with van der Waals surface area (Å²) in [7, 11) is 8.08. The minimum atomic E-state index is -3.24. The van der Waals surface area contributed by atoms with Crippen LogP contribution in [0.4, 0.5) is 0 Å². The zero-order valence-corrected chi connectivity index (χ0v) is 18.5. The molecule has 0 heterocycles. The van der Waals surface area contributed by atoms with Crippen molar-refractivity contribution in [2.24, 2.45) is 0 Å². The van der Waals surface area contributed by atoms with Crippen LogP contribution in [-0.2, 0) is 4.57 Å². The van der Waals surface area contributed by atoms with Crippen LogP contribution in [0.3, 0.4) is 0 Å². The summed E-state index contributed by atoms with van der Waals surface area (Å²) in [5, 5.41) is 5.96. The number of nitrogens with one attached hydrogen (secondary N) is 2. The molecule has 0 aliphatic rings. The second-order valence-corrected chi connectivity index (χ2v) is 7.87. The fourth-order valence-corrected chi connectivity index (χ4v) is 3.61. The standard InChI is InChI=1S/C12H25N4O2P.2HI/c1-15(2,3)13-19(17,14-16(4,5)6)18-12-10-8-7-9-11-12;;/h7-11H,1-6H3,(H2,13,14,17);2*1H/q+2;;/p-2. The second-order valence-electron chi connectivity index (χ2n) is 6.18. The van der Waals surface area contributed by atoms with Crippen LogP contribution in [-0.4, -0.2) is 51.5 Å². The van der Waals surface area contributed by atoms with Gasteiger partial charge in [-0.1, -0.05) is 28.6 Å². The molecule has 1 rings (SSSR count). The molecule has 0 aliphatic carbocycles. The topological polar surface area (TPSA) is 50.4 Å². The molecule has 9 heteroatoms. The Hall–Kier alpha value is 0.550. The largest absolute Gasteiger partial charge is 1.00 e. The first-order chi connectivity index (χ1) is 8.49. The van der Waals surface area contributed by atoms with E-state index in [0.717, 1.165) is 0 Å². The third-order valence-corrected chi connectivity index (χ3v) is 4.03. The van der Waals surface area contributed by atoms with E-state index in [0.29, 0.717) is 14.9 Å². The minimum absolute atomic E-state index is 0. The van der Waals surface area contributed by atoms with Crippen LogP contribution < -0.4 is 62.9 Å². The Labute approximate surface area is 161 Å². The maximum absolute atomic E-state index is 12.9. The van der Waals surface area contributed by atoms with E-state index >= 15 is 0 Å². The van der Waals surface area contributed by atoms with E-state index in [1.54, 1.807) is 12.1 Å². The van der Waals surface area contributed by atoms with Crippen molar-refractivity contribution in [2.45, 2.75) is 0 Å². The molecule has 0 atom stereocenters. The number of quaternary nitrogens is 2. The summed E-state index contributed by atoms with van der Waals surface area (Å²) in [6, 6.07) is 9.13. The van der Waals surface area contributed by atoms with Crippen LogP contribution in [0, 0.1) is 0 Å². The lowest BCUT2D eigenvalue weighted by molar-refractivity contribution is -0.914. The van der Waals surface area contributed by atoms with Crippen LogP contribution in [0.5, 0.6) is 5.75 Å². The summed E-state index contributed by atoms with van der Waals surface area (Å²) < 4.78 is 19.2. The maximum atomic E-state index is 12.9. The molecule has 6 nitrogen and oxygen atoms in total. The first kappa shape index (κ1) is 23.8. The fraction of sp³-hybridized carbons (Fsp3) is 0.500. The molecule has 0 aromatic heterocycles. The zero-order chi connectivity index (χ0) is 14.7. The Morgan fingerprint density at radius 2 is 1.24 bits per heavy atom. The average Bonchev–Trinajstić information content (AvgIpc) is 2.11. The fourth-order valence-electron chi connectivity index (χ4n) is 1.48. The van der Waals surface area contributed by atoms with E-state index in [1.165, 1.54) is 0 Å². The number of hydrogen-bond donors (Lipinski definition) is 2. The van der Waals surface area contributed by atoms with Gasteiger partial charge in [-0.2, -0.15) is 0 Å². The highest BCUT2D eigenvalue weighted by atomic mass is 127. The minimum Gasteiger partial charge on any atom is -1.00 e. The molecule has 0 fully saturated rings. The van der Waals surface area contributed by atoms with Gasteiger partial charge in [0.2, 0.25) is 0 Å². The monoisotopic (exact) mass is 542 g/mol. The number of hydrogen-bond acceptors (Lipinski definition) is 2. The van der Waals surface area contributed by atoms with Crippen molar-refractivity contribution in [3.63, 3.8) is 0 Å². The molecular formula is C12H25I2N4O2P. The summed E-state index contributed by atoms with van der Waals surface area (Å²) in [4.78, 5) is 0. The Bertz CT molecular complexity index is 441. The number of nitrogens with zero attached hydrogens (tertiary/aromatic N) is 2. The molecule has 21 heavy (non-hydrogen) atoms. The van der Waals surface area contributed by atoms with Gasteiger partial charge in [0.05, 0.1) is 42.3 Å². The summed E-state index contributed by atoms with van der Waals surface area (Å²) in [5.74, 6) is 0.563. The van der Waals surface area contributed by atoms with Gasteiger partial charge in [0, 0.05) is 0 Å². The molecule has 0 bridgehead atoms. The predicted octanol–water partition coefficient (Wildman–Crippen LogP) is -4.40. The van der Waals surface area contributed by atoms with E-state index in [2.05, 4.69) is 10.4 Å². The van der Waals surface area contributed by atoms with E-state index in [9.17, 15) is 4.57 Å². The van der Waals surface area contributed by atoms with E-state index < -0.39 is 7.67 Å².